The fourth-order valence-electron chi connectivity index (χ4n) is 1.84. The van der Waals surface area contributed by atoms with Gasteiger partial charge in [0.2, 0.25) is 21.8 Å². The third-order valence-corrected chi connectivity index (χ3v) is 4.64. The summed E-state index contributed by atoms with van der Waals surface area (Å²) in [6.45, 7) is 1.35. The predicted molar refractivity (Wildman–Crippen MR) is 85.6 cm³/mol. The van der Waals surface area contributed by atoms with Crippen LogP contribution in [0.2, 0.25) is 0 Å². The van der Waals surface area contributed by atoms with E-state index in [2.05, 4.69) is 15.0 Å². The fourth-order valence-corrected chi connectivity index (χ4v) is 3.12. The first-order valence-electron chi connectivity index (χ1n) is 6.91. The van der Waals surface area contributed by atoms with Gasteiger partial charge in [-0.15, -0.1) is 0 Å². The molecule has 0 aliphatic rings. The summed E-state index contributed by atoms with van der Waals surface area (Å²) < 4.78 is 44.9. The van der Waals surface area contributed by atoms with E-state index in [1.807, 2.05) is 0 Å². The van der Waals surface area contributed by atoms with Crippen LogP contribution in [0.25, 0.3) is 0 Å². The van der Waals surface area contributed by atoms with Crippen LogP contribution in [0.3, 0.4) is 0 Å². The molecule has 1 heterocycles. The lowest BCUT2D eigenvalue weighted by Crippen LogP contribution is -2.41. The molecule has 9 heteroatoms. The standard InChI is InChI=1S/C15H16FN3O4S/c1-10(15(20)18-11-7-8-14(23-2)17-9-11)19-24(21,22)13-6-4-3-5-12(13)16/h3-10,19H,1-2H3,(H,18,20)/t10-/m0/s1. The number of anilines is 1. The average Bonchev–Trinajstić information content (AvgIpc) is 2.55. The normalized spacial score (nSPS) is 12.5. The zero-order valence-corrected chi connectivity index (χ0v) is 13.8. The highest BCUT2D eigenvalue weighted by molar-refractivity contribution is 7.89. The zero-order chi connectivity index (χ0) is 17.7. The summed E-state index contributed by atoms with van der Waals surface area (Å²) >= 11 is 0. The Morgan fingerprint density at radius 1 is 1.25 bits per heavy atom. The number of nitrogens with one attached hydrogen (secondary N) is 2. The molecule has 1 atom stereocenters. The number of sulfonamides is 1. The van der Waals surface area contributed by atoms with Gasteiger partial charge < -0.3 is 10.1 Å². The summed E-state index contributed by atoms with van der Waals surface area (Å²) in [5.41, 5.74) is 0.373. The number of halogens is 1. The molecule has 128 valence electrons. The van der Waals surface area contributed by atoms with E-state index >= 15 is 0 Å². The largest absolute Gasteiger partial charge is 0.481 e. The van der Waals surface area contributed by atoms with Gasteiger partial charge >= 0.3 is 0 Å². The van der Waals surface area contributed by atoms with Crippen molar-refractivity contribution in [2.75, 3.05) is 12.4 Å². The minimum Gasteiger partial charge on any atom is -0.481 e. The second-order valence-electron chi connectivity index (χ2n) is 4.85. The van der Waals surface area contributed by atoms with Crippen molar-refractivity contribution in [2.24, 2.45) is 0 Å². The van der Waals surface area contributed by atoms with E-state index in [9.17, 15) is 17.6 Å². The first-order chi connectivity index (χ1) is 11.3. The predicted octanol–water partition coefficient (Wildman–Crippen LogP) is 1.53. The topological polar surface area (TPSA) is 97.4 Å². The average molecular weight is 353 g/mol. The van der Waals surface area contributed by atoms with E-state index in [4.69, 9.17) is 4.74 Å². The zero-order valence-electron chi connectivity index (χ0n) is 13.0. The lowest BCUT2D eigenvalue weighted by Gasteiger charge is -2.14. The molecule has 2 N–H and O–H groups in total. The van der Waals surface area contributed by atoms with Gasteiger partial charge in [0, 0.05) is 6.07 Å². The van der Waals surface area contributed by atoms with E-state index in [1.54, 1.807) is 12.1 Å². The maximum absolute atomic E-state index is 13.6. The van der Waals surface area contributed by atoms with Gasteiger partial charge in [0.15, 0.2) is 0 Å². The summed E-state index contributed by atoms with van der Waals surface area (Å²) in [5.74, 6) is -1.12. The molecule has 0 aliphatic carbocycles. The van der Waals surface area contributed by atoms with E-state index in [-0.39, 0.29) is 0 Å². The van der Waals surface area contributed by atoms with Crippen LogP contribution < -0.4 is 14.8 Å². The summed E-state index contributed by atoms with van der Waals surface area (Å²) in [6.07, 6.45) is 1.37. The van der Waals surface area contributed by atoms with E-state index in [0.717, 1.165) is 12.1 Å². The highest BCUT2D eigenvalue weighted by Gasteiger charge is 2.24. The van der Waals surface area contributed by atoms with Gasteiger partial charge in [0.1, 0.15) is 10.7 Å². The van der Waals surface area contributed by atoms with Crippen molar-refractivity contribution in [2.45, 2.75) is 17.9 Å². The van der Waals surface area contributed by atoms with Gasteiger partial charge in [-0.2, -0.15) is 4.72 Å². The summed E-state index contributed by atoms with van der Waals surface area (Å²) in [4.78, 5) is 15.5. The number of carbonyl (C=O) groups excluding carboxylic acids is 1. The van der Waals surface area contributed by atoms with Crippen molar-refractivity contribution in [1.82, 2.24) is 9.71 Å². The van der Waals surface area contributed by atoms with Gasteiger partial charge in [0.25, 0.3) is 0 Å². The summed E-state index contributed by atoms with van der Waals surface area (Å²) in [6, 6.07) is 6.91. The van der Waals surface area contributed by atoms with E-state index in [0.29, 0.717) is 11.6 Å². The molecule has 1 aromatic carbocycles. The van der Waals surface area contributed by atoms with Crippen molar-refractivity contribution in [1.29, 1.82) is 0 Å². The molecule has 0 aliphatic heterocycles. The maximum Gasteiger partial charge on any atom is 0.244 e. The van der Waals surface area contributed by atoms with Crippen LogP contribution in [0.15, 0.2) is 47.5 Å². The summed E-state index contributed by atoms with van der Waals surface area (Å²) in [7, 11) is -2.70. The molecule has 2 rings (SSSR count). The van der Waals surface area contributed by atoms with Crippen molar-refractivity contribution in [3.8, 4) is 5.88 Å². The molecular weight excluding hydrogens is 337 g/mol. The molecule has 0 fully saturated rings. The second kappa shape index (κ2) is 7.37. The Hall–Kier alpha value is -2.52. The van der Waals surface area contributed by atoms with Gasteiger partial charge in [-0.1, -0.05) is 12.1 Å². The lowest BCUT2D eigenvalue weighted by atomic mass is 10.3. The smallest absolute Gasteiger partial charge is 0.244 e. The van der Waals surface area contributed by atoms with Gasteiger partial charge in [-0.3, -0.25) is 4.79 Å². The van der Waals surface area contributed by atoms with Crippen LogP contribution in [-0.4, -0.2) is 32.5 Å². The van der Waals surface area contributed by atoms with Gasteiger partial charge in [-0.05, 0) is 25.1 Å². The maximum atomic E-state index is 13.6. The third-order valence-electron chi connectivity index (χ3n) is 3.06. The highest BCUT2D eigenvalue weighted by Crippen LogP contribution is 2.14. The molecule has 0 bridgehead atoms. The quantitative estimate of drug-likeness (QED) is 0.821. The molecule has 0 saturated heterocycles. The first-order valence-corrected chi connectivity index (χ1v) is 8.39. The van der Waals surface area contributed by atoms with Crippen LogP contribution in [-0.2, 0) is 14.8 Å². The molecular formula is C15H16FN3O4S. The third kappa shape index (κ3) is 4.27. The fraction of sp³-hybridized carbons (Fsp3) is 0.200. The second-order valence-corrected chi connectivity index (χ2v) is 6.53. The van der Waals surface area contributed by atoms with Crippen LogP contribution in [0, 0.1) is 5.82 Å². The Bertz CT molecular complexity index is 825. The van der Waals surface area contributed by atoms with Crippen LogP contribution in [0.4, 0.5) is 10.1 Å². The molecule has 1 aromatic heterocycles. The Kier molecular flexibility index (Phi) is 5.47. The SMILES string of the molecule is COc1ccc(NC(=O)[C@H](C)NS(=O)(=O)c2ccccc2F)cn1. The number of methoxy groups -OCH3 is 1. The Morgan fingerprint density at radius 3 is 2.54 bits per heavy atom. The van der Waals surface area contributed by atoms with Crippen molar-refractivity contribution < 1.29 is 22.3 Å². The van der Waals surface area contributed by atoms with Crippen LogP contribution in [0.5, 0.6) is 5.88 Å². The Balaban J connectivity index is 2.06. The number of aromatic nitrogens is 1. The van der Waals surface area contributed by atoms with Crippen LogP contribution >= 0.6 is 0 Å². The van der Waals surface area contributed by atoms with Gasteiger partial charge in [0.05, 0.1) is 25.0 Å². The number of benzene rings is 1. The number of hydrogen-bond acceptors (Lipinski definition) is 5. The molecule has 2 aromatic rings. The molecule has 7 nitrogen and oxygen atoms in total. The monoisotopic (exact) mass is 353 g/mol. The molecule has 1 amide bonds. The number of amides is 1. The Morgan fingerprint density at radius 2 is 1.96 bits per heavy atom. The number of rotatable bonds is 6. The molecule has 0 saturated carbocycles. The summed E-state index contributed by atoms with van der Waals surface area (Å²) in [5, 5.41) is 2.50. The van der Waals surface area contributed by atoms with E-state index < -0.39 is 32.7 Å². The number of hydrogen-bond donors (Lipinski definition) is 2. The lowest BCUT2D eigenvalue weighted by molar-refractivity contribution is -0.117. The molecule has 24 heavy (non-hydrogen) atoms. The van der Waals surface area contributed by atoms with Crippen molar-refractivity contribution in [3.63, 3.8) is 0 Å². The first kappa shape index (κ1) is 17.8. The Labute approximate surface area is 138 Å². The highest BCUT2D eigenvalue weighted by atomic mass is 32.2. The van der Waals surface area contributed by atoms with Crippen LogP contribution in [0.1, 0.15) is 6.92 Å². The van der Waals surface area contributed by atoms with Crippen molar-refractivity contribution >= 4 is 21.6 Å². The molecule has 0 unspecified atom stereocenters. The number of pyridine rings is 1. The minimum atomic E-state index is -4.16. The van der Waals surface area contributed by atoms with Gasteiger partial charge in [-0.25, -0.2) is 17.8 Å². The van der Waals surface area contributed by atoms with E-state index in [1.165, 1.54) is 32.4 Å². The number of carbonyl (C=O) groups is 1. The molecule has 0 radical (unpaired) electrons. The molecule has 0 spiro atoms. The number of nitrogens with zero attached hydrogens (tertiary/aromatic N) is 1. The number of ether oxygens (including phenoxy) is 1. The minimum absolute atomic E-state index is 0.373. The van der Waals surface area contributed by atoms with Crippen molar-refractivity contribution in [3.05, 3.63) is 48.4 Å².